The molecule has 0 spiro atoms. The number of anilines is 3. The summed E-state index contributed by atoms with van der Waals surface area (Å²) < 4.78 is 27.5. The summed E-state index contributed by atoms with van der Waals surface area (Å²) in [4.78, 5) is 18.4. The molecule has 0 saturated carbocycles. The third-order valence-electron chi connectivity index (χ3n) is 3.87. The molecule has 0 bridgehead atoms. The molecule has 3 aromatic rings. The second-order valence-corrected chi connectivity index (χ2v) is 5.53. The maximum Gasteiger partial charge on any atom is 0.274 e. The van der Waals surface area contributed by atoms with Crippen molar-refractivity contribution in [2.24, 2.45) is 0 Å². The summed E-state index contributed by atoms with van der Waals surface area (Å²) in [5.74, 6) is -2.36. The average molecular weight is 353 g/mol. The first-order valence-corrected chi connectivity index (χ1v) is 8.14. The van der Waals surface area contributed by atoms with Crippen molar-refractivity contribution in [1.82, 2.24) is 4.98 Å². The van der Waals surface area contributed by atoms with Gasteiger partial charge in [0, 0.05) is 24.1 Å². The van der Waals surface area contributed by atoms with E-state index in [1.54, 1.807) is 12.1 Å². The molecule has 132 valence electrons. The van der Waals surface area contributed by atoms with Crippen LogP contribution in [0.5, 0.6) is 0 Å². The molecule has 2 aromatic carbocycles. The van der Waals surface area contributed by atoms with E-state index in [9.17, 15) is 13.6 Å². The summed E-state index contributed by atoms with van der Waals surface area (Å²) in [5.41, 5.74) is 1.31. The third-order valence-corrected chi connectivity index (χ3v) is 3.87. The third kappa shape index (κ3) is 3.69. The SMILES string of the molecule is CCN(c1ccccc1)c1ccnc(C(=O)Nc2c(F)cccc2F)c1. The van der Waals surface area contributed by atoms with Gasteiger partial charge in [-0.05, 0) is 43.3 Å². The fraction of sp³-hybridized carbons (Fsp3) is 0.100. The van der Waals surface area contributed by atoms with E-state index in [1.807, 2.05) is 42.2 Å². The van der Waals surface area contributed by atoms with Crippen molar-refractivity contribution in [1.29, 1.82) is 0 Å². The Morgan fingerprint density at radius 2 is 1.69 bits per heavy atom. The molecule has 1 N–H and O–H groups in total. The van der Waals surface area contributed by atoms with Gasteiger partial charge >= 0.3 is 0 Å². The molecule has 0 unspecified atom stereocenters. The number of amides is 1. The Kier molecular flexibility index (Phi) is 5.22. The fourth-order valence-electron chi connectivity index (χ4n) is 2.63. The Bertz CT molecular complexity index is 896. The van der Waals surface area contributed by atoms with E-state index in [1.165, 1.54) is 12.3 Å². The zero-order valence-corrected chi connectivity index (χ0v) is 14.1. The maximum absolute atomic E-state index is 13.7. The monoisotopic (exact) mass is 353 g/mol. The van der Waals surface area contributed by atoms with Gasteiger partial charge in [-0.15, -0.1) is 0 Å². The summed E-state index contributed by atoms with van der Waals surface area (Å²) in [6, 6.07) is 16.4. The number of hydrogen-bond donors (Lipinski definition) is 1. The van der Waals surface area contributed by atoms with Crippen LogP contribution in [0.15, 0.2) is 66.9 Å². The molecule has 0 aliphatic rings. The van der Waals surface area contributed by atoms with E-state index < -0.39 is 23.2 Å². The van der Waals surface area contributed by atoms with E-state index in [2.05, 4.69) is 10.3 Å². The number of aromatic nitrogens is 1. The van der Waals surface area contributed by atoms with Crippen LogP contribution in [0.25, 0.3) is 0 Å². The smallest absolute Gasteiger partial charge is 0.274 e. The predicted octanol–water partition coefficient (Wildman–Crippen LogP) is 4.77. The van der Waals surface area contributed by atoms with Gasteiger partial charge in [-0.3, -0.25) is 9.78 Å². The summed E-state index contributed by atoms with van der Waals surface area (Å²) in [5, 5.41) is 2.25. The zero-order valence-electron chi connectivity index (χ0n) is 14.1. The zero-order chi connectivity index (χ0) is 18.5. The van der Waals surface area contributed by atoms with E-state index in [4.69, 9.17) is 0 Å². The number of benzene rings is 2. The van der Waals surface area contributed by atoms with Gasteiger partial charge in [0.2, 0.25) is 0 Å². The van der Waals surface area contributed by atoms with Gasteiger partial charge in [-0.2, -0.15) is 0 Å². The maximum atomic E-state index is 13.7. The summed E-state index contributed by atoms with van der Waals surface area (Å²) in [7, 11) is 0. The van der Waals surface area contributed by atoms with Crippen LogP contribution in [0.1, 0.15) is 17.4 Å². The summed E-state index contributed by atoms with van der Waals surface area (Å²) in [6.45, 7) is 2.67. The molecule has 1 amide bonds. The molecule has 1 aromatic heterocycles. The number of rotatable bonds is 5. The van der Waals surface area contributed by atoms with Crippen molar-refractivity contribution in [3.63, 3.8) is 0 Å². The van der Waals surface area contributed by atoms with Crippen LogP contribution >= 0.6 is 0 Å². The van der Waals surface area contributed by atoms with Crippen LogP contribution in [0, 0.1) is 11.6 Å². The van der Waals surface area contributed by atoms with Gasteiger partial charge in [-0.25, -0.2) is 8.78 Å². The van der Waals surface area contributed by atoms with Gasteiger partial charge in [0.1, 0.15) is 23.0 Å². The van der Waals surface area contributed by atoms with Crippen LogP contribution in [0.3, 0.4) is 0 Å². The van der Waals surface area contributed by atoms with Crippen molar-refractivity contribution >= 4 is 23.0 Å². The molecule has 0 atom stereocenters. The molecule has 0 aliphatic heterocycles. The first kappa shape index (κ1) is 17.5. The fourth-order valence-corrected chi connectivity index (χ4v) is 2.63. The van der Waals surface area contributed by atoms with Crippen LogP contribution < -0.4 is 10.2 Å². The number of halogens is 2. The lowest BCUT2D eigenvalue weighted by molar-refractivity contribution is 0.102. The van der Waals surface area contributed by atoms with Gasteiger partial charge in [-0.1, -0.05) is 24.3 Å². The van der Waals surface area contributed by atoms with Crippen molar-refractivity contribution < 1.29 is 13.6 Å². The Morgan fingerprint density at radius 1 is 1.00 bits per heavy atom. The minimum absolute atomic E-state index is 0.0690. The highest BCUT2D eigenvalue weighted by molar-refractivity contribution is 6.03. The normalized spacial score (nSPS) is 10.4. The number of hydrogen-bond acceptors (Lipinski definition) is 3. The van der Waals surface area contributed by atoms with Gasteiger partial charge in [0.25, 0.3) is 5.91 Å². The molecule has 0 saturated heterocycles. The van der Waals surface area contributed by atoms with Crippen molar-refractivity contribution in [3.05, 3.63) is 84.2 Å². The van der Waals surface area contributed by atoms with E-state index in [0.717, 1.165) is 23.5 Å². The van der Waals surface area contributed by atoms with Gasteiger partial charge in [0.15, 0.2) is 0 Å². The van der Waals surface area contributed by atoms with Crippen molar-refractivity contribution in [2.75, 3.05) is 16.8 Å². The van der Waals surface area contributed by atoms with Gasteiger partial charge < -0.3 is 10.2 Å². The Hall–Kier alpha value is -3.28. The van der Waals surface area contributed by atoms with E-state index in [-0.39, 0.29) is 5.69 Å². The minimum Gasteiger partial charge on any atom is -0.342 e. The standard InChI is InChI=1S/C20H17F2N3O/c1-2-25(14-7-4-3-5-8-14)15-11-12-23-18(13-15)20(26)24-19-16(21)9-6-10-17(19)22/h3-13H,2H2,1H3,(H,24,26). The molecule has 1 heterocycles. The Labute approximate surface area is 150 Å². The molecular weight excluding hydrogens is 336 g/mol. The van der Waals surface area contributed by atoms with Crippen LogP contribution in [-0.4, -0.2) is 17.4 Å². The predicted molar refractivity (Wildman–Crippen MR) is 97.7 cm³/mol. The summed E-state index contributed by atoms with van der Waals surface area (Å²) in [6.07, 6.45) is 1.49. The Morgan fingerprint density at radius 3 is 2.35 bits per heavy atom. The van der Waals surface area contributed by atoms with E-state index in [0.29, 0.717) is 6.54 Å². The number of carbonyl (C=O) groups excluding carboxylic acids is 1. The number of nitrogens with one attached hydrogen (secondary N) is 1. The topological polar surface area (TPSA) is 45.2 Å². The van der Waals surface area contributed by atoms with Gasteiger partial charge in [0.05, 0.1) is 0 Å². The van der Waals surface area contributed by atoms with Crippen LogP contribution in [0.4, 0.5) is 25.8 Å². The van der Waals surface area contributed by atoms with Crippen molar-refractivity contribution in [2.45, 2.75) is 6.92 Å². The largest absolute Gasteiger partial charge is 0.342 e. The van der Waals surface area contributed by atoms with Crippen LogP contribution in [0.2, 0.25) is 0 Å². The highest BCUT2D eigenvalue weighted by Crippen LogP contribution is 2.25. The summed E-state index contributed by atoms with van der Waals surface area (Å²) >= 11 is 0. The molecule has 0 aliphatic carbocycles. The lowest BCUT2D eigenvalue weighted by Gasteiger charge is -2.23. The van der Waals surface area contributed by atoms with Crippen LogP contribution in [-0.2, 0) is 0 Å². The van der Waals surface area contributed by atoms with Crippen molar-refractivity contribution in [3.8, 4) is 0 Å². The Balaban J connectivity index is 1.88. The first-order chi connectivity index (χ1) is 12.6. The lowest BCUT2D eigenvalue weighted by atomic mass is 10.2. The lowest BCUT2D eigenvalue weighted by Crippen LogP contribution is -2.19. The quantitative estimate of drug-likeness (QED) is 0.719. The van der Waals surface area contributed by atoms with E-state index >= 15 is 0 Å². The molecule has 4 nitrogen and oxygen atoms in total. The minimum atomic E-state index is -0.839. The number of pyridine rings is 1. The highest BCUT2D eigenvalue weighted by atomic mass is 19.1. The number of carbonyl (C=O) groups is 1. The highest BCUT2D eigenvalue weighted by Gasteiger charge is 2.16. The number of nitrogens with zero attached hydrogens (tertiary/aromatic N) is 2. The second-order valence-electron chi connectivity index (χ2n) is 5.53. The molecular formula is C20H17F2N3O. The second kappa shape index (κ2) is 7.74. The molecule has 0 radical (unpaired) electrons. The molecule has 3 rings (SSSR count). The molecule has 26 heavy (non-hydrogen) atoms. The number of para-hydroxylation sites is 2. The first-order valence-electron chi connectivity index (χ1n) is 8.14. The average Bonchev–Trinajstić information content (AvgIpc) is 2.66. The molecule has 6 heteroatoms. The molecule has 0 fully saturated rings.